The number of carbonyl (C=O) groups is 3. The van der Waals surface area contributed by atoms with E-state index < -0.39 is 11.6 Å². The molecule has 0 atom stereocenters. The van der Waals surface area contributed by atoms with E-state index >= 15 is 0 Å². The van der Waals surface area contributed by atoms with E-state index in [2.05, 4.69) is 10.6 Å². The minimum atomic E-state index is -0.893. The first-order chi connectivity index (χ1) is 11.8. The van der Waals surface area contributed by atoms with Crippen LogP contribution in [0, 0.1) is 0 Å². The maximum Gasteiger partial charge on any atom is 0.325 e. The third-order valence-electron chi connectivity index (χ3n) is 3.91. The second kappa shape index (κ2) is 7.42. The van der Waals surface area contributed by atoms with Gasteiger partial charge < -0.3 is 20.1 Å². The summed E-state index contributed by atoms with van der Waals surface area (Å²) in [7, 11) is 3.05. The molecule has 1 fully saturated rings. The first-order valence-corrected chi connectivity index (χ1v) is 7.94. The van der Waals surface area contributed by atoms with Crippen LogP contribution in [0.15, 0.2) is 18.2 Å². The van der Waals surface area contributed by atoms with E-state index in [4.69, 9.17) is 9.47 Å². The molecule has 8 heteroatoms. The predicted octanol–water partition coefficient (Wildman–Crippen LogP) is 1.75. The van der Waals surface area contributed by atoms with Crippen molar-refractivity contribution in [1.29, 1.82) is 0 Å². The fraction of sp³-hybridized carbons (Fsp3) is 0.471. The van der Waals surface area contributed by atoms with Crippen molar-refractivity contribution in [1.82, 2.24) is 10.2 Å². The molecule has 0 saturated carbocycles. The molecular formula is C17H23N3O5. The van der Waals surface area contributed by atoms with Crippen LogP contribution in [0.1, 0.15) is 26.7 Å². The number of nitrogens with one attached hydrogen (secondary N) is 2. The molecule has 0 unspecified atom stereocenters. The van der Waals surface area contributed by atoms with E-state index in [-0.39, 0.29) is 24.8 Å². The summed E-state index contributed by atoms with van der Waals surface area (Å²) in [5.41, 5.74) is -0.361. The molecule has 4 amide bonds. The zero-order valence-electron chi connectivity index (χ0n) is 14.8. The monoisotopic (exact) mass is 349 g/mol. The lowest BCUT2D eigenvalue weighted by atomic mass is 10.1. The fourth-order valence-electron chi connectivity index (χ4n) is 2.53. The van der Waals surface area contributed by atoms with Gasteiger partial charge in [-0.25, -0.2) is 4.79 Å². The normalized spacial score (nSPS) is 15.8. The van der Waals surface area contributed by atoms with E-state index in [1.165, 1.54) is 7.11 Å². The van der Waals surface area contributed by atoms with Crippen molar-refractivity contribution in [2.24, 2.45) is 0 Å². The Morgan fingerprint density at radius 2 is 1.96 bits per heavy atom. The predicted molar refractivity (Wildman–Crippen MR) is 91.7 cm³/mol. The van der Waals surface area contributed by atoms with Crippen molar-refractivity contribution in [3.05, 3.63) is 18.2 Å². The Hall–Kier alpha value is -2.77. The molecule has 1 aromatic carbocycles. The number of imide groups is 1. The van der Waals surface area contributed by atoms with Gasteiger partial charge in [-0.1, -0.05) is 0 Å². The number of methoxy groups -OCH3 is 2. The molecule has 1 saturated heterocycles. The van der Waals surface area contributed by atoms with E-state index in [0.717, 1.165) is 4.90 Å². The molecule has 0 spiro atoms. The highest BCUT2D eigenvalue weighted by molar-refractivity contribution is 6.06. The van der Waals surface area contributed by atoms with Crippen LogP contribution in [0.3, 0.4) is 0 Å². The van der Waals surface area contributed by atoms with Crippen molar-refractivity contribution in [2.75, 3.05) is 26.1 Å². The van der Waals surface area contributed by atoms with Crippen LogP contribution in [0.5, 0.6) is 11.5 Å². The molecule has 1 aliphatic rings. The maximum absolute atomic E-state index is 12.1. The maximum atomic E-state index is 12.1. The number of amides is 4. The Bertz CT molecular complexity index is 687. The van der Waals surface area contributed by atoms with Crippen LogP contribution in [0.25, 0.3) is 0 Å². The van der Waals surface area contributed by atoms with E-state index in [0.29, 0.717) is 23.6 Å². The summed E-state index contributed by atoms with van der Waals surface area (Å²) in [6.45, 7) is 3.49. The first-order valence-electron chi connectivity index (χ1n) is 7.94. The summed E-state index contributed by atoms with van der Waals surface area (Å²) in [5, 5.41) is 5.36. The molecule has 0 bridgehead atoms. The number of benzene rings is 1. The lowest BCUT2D eigenvalue weighted by Crippen LogP contribution is -2.40. The number of carbonyl (C=O) groups excluding carboxylic acids is 3. The second-order valence-electron chi connectivity index (χ2n) is 6.23. The summed E-state index contributed by atoms with van der Waals surface area (Å²) < 4.78 is 10.3. The number of hydrogen-bond donors (Lipinski definition) is 2. The van der Waals surface area contributed by atoms with Gasteiger partial charge in [-0.2, -0.15) is 0 Å². The van der Waals surface area contributed by atoms with Gasteiger partial charge in [0.25, 0.3) is 5.91 Å². The molecule has 136 valence electrons. The summed E-state index contributed by atoms with van der Waals surface area (Å²) in [5.74, 6) is 0.601. The Morgan fingerprint density at radius 1 is 1.24 bits per heavy atom. The van der Waals surface area contributed by atoms with Crippen molar-refractivity contribution in [3.8, 4) is 11.5 Å². The molecule has 8 nitrogen and oxygen atoms in total. The Labute approximate surface area is 146 Å². The van der Waals surface area contributed by atoms with Gasteiger partial charge in [-0.15, -0.1) is 0 Å². The number of urea groups is 1. The summed E-state index contributed by atoms with van der Waals surface area (Å²) in [6, 6.07) is 4.65. The minimum absolute atomic E-state index is 0.173. The lowest BCUT2D eigenvalue weighted by Gasteiger charge is -2.16. The Morgan fingerprint density at radius 3 is 2.52 bits per heavy atom. The highest BCUT2D eigenvalue weighted by atomic mass is 16.5. The lowest BCUT2D eigenvalue weighted by molar-refractivity contribution is -0.130. The number of rotatable bonds is 7. The summed E-state index contributed by atoms with van der Waals surface area (Å²) >= 11 is 0. The topological polar surface area (TPSA) is 97.0 Å². The van der Waals surface area contributed by atoms with Gasteiger partial charge in [-0.3, -0.25) is 14.5 Å². The molecule has 2 N–H and O–H groups in total. The summed E-state index contributed by atoms with van der Waals surface area (Å²) in [4.78, 5) is 37.1. The molecule has 2 rings (SSSR count). The van der Waals surface area contributed by atoms with Crippen molar-refractivity contribution >= 4 is 23.5 Å². The number of nitrogens with zero attached hydrogens (tertiary/aromatic N) is 1. The van der Waals surface area contributed by atoms with Gasteiger partial charge in [0.2, 0.25) is 5.91 Å². The molecule has 25 heavy (non-hydrogen) atoms. The van der Waals surface area contributed by atoms with Crippen LogP contribution in [-0.4, -0.2) is 49.0 Å². The molecule has 1 aromatic rings. The van der Waals surface area contributed by atoms with Crippen LogP contribution in [-0.2, 0) is 9.59 Å². The number of hydrogen-bond acceptors (Lipinski definition) is 5. The SMILES string of the molecule is COc1ccc(NC(=O)CCCN2C(=O)NC(C)(C)C2=O)c(OC)c1. The van der Waals surface area contributed by atoms with Gasteiger partial charge in [0.15, 0.2) is 0 Å². The van der Waals surface area contributed by atoms with Gasteiger partial charge in [0, 0.05) is 19.0 Å². The van der Waals surface area contributed by atoms with Gasteiger partial charge in [-0.05, 0) is 32.4 Å². The molecule has 0 aromatic heterocycles. The standard InChI is InChI=1S/C17H23N3O5/c1-17(2)15(22)20(16(23)19-17)9-5-6-14(21)18-12-8-7-11(24-3)10-13(12)25-4/h7-8,10H,5-6,9H2,1-4H3,(H,18,21)(H,19,23). The highest BCUT2D eigenvalue weighted by Crippen LogP contribution is 2.29. The zero-order chi connectivity index (χ0) is 18.6. The van der Waals surface area contributed by atoms with Crippen molar-refractivity contribution in [2.45, 2.75) is 32.2 Å². The highest BCUT2D eigenvalue weighted by Gasteiger charge is 2.43. The number of ether oxygens (including phenoxy) is 2. The zero-order valence-corrected chi connectivity index (χ0v) is 14.8. The van der Waals surface area contributed by atoms with Crippen molar-refractivity contribution < 1.29 is 23.9 Å². The fourth-order valence-corrected chi connectivity index (χ4v) is 2.53. The Balaban J connectivity index is 1.88. The van der Waals surface area contributed by atoms with Crippen LogP contribution >= 0.6 is 0 Å². The molecule has 1 aliphatic heterocycles. The van der Waals surface area contributed by atoms with Gasteiger partial charge >= 0.3 is 6.03 Å². The van der Waals surface area contributed by atoms with Crippen molar-refractivity contribution in [3.63, 3.8) is 0 Å². The third-order valence-corrected chi connectivity index (χ3v) is 3.91. The van der Waals surface area contributed by atoms with E-state index in [1.54, 1.807) is 39.2 Å². The second-order valence-corrected chi connectivity index (χ2v) is 6.23. The van der Waals surface area contributed by atoms with Crippen LogP contribution in [0.2, 0.25) is 0 Å². The smallest absolute Gasteiger partial charge is 0.325 e. The largest absolute Gasteiger partial charge is 0.497 e. The minimum Gasteiger partial charge on any atom is -0.497 e. The molecule has 1 heterocycles. The quantitative estimate of drug-likeness (QED) is 0.731. The third kappa shape index (κ3) is 4.20. The molecular weight excluding hydrogens is 326 g/mol. The number of anilines is 1. The first kappa shape index (κ1) is 18.6. The van der Waals surface area contributed by atoms with Gasteiger partial charge in [0.1, 0.15) is 17.0 Å². The molecule has 0 radical (unpaired) electrons. The average Bonchev–Trinajstić information content (AvgIpc) is 2.76. The van der Waals surface area contributed by atoms with E-state index in [1.807, 2.05) is 0 Å². The van der Waals surface area contributed by atoms with Crippen LogP contribution in [0.4, 0.5) is 10.5 Å². The summed E-state index contributed by atoms with van der Waals surface area (Å²) in [6.07, 6.45) is 0.548. The average molecular weight is 349 g/mol. The van der Waals surface area contributed by atoms with E-state index in [9.17, 15) is 14.4 Å². The molecule has 0 aliphatic carbocycles. The van der Waals surface area contributed by atoms with Gasteiger partial charge in [0.05, 0.1) is 19.9 Å². The van der Waals surface area contributed by atoms with Crippen LogP contribution < -0.4 is 20.1 Å². The Kier molecular flexibility index (Phi) is 5.51.